The van der Waals surface area contributed by atoms with E-state index in [-0.39, 0.29) is 54.8 Å². The number of benzene rings is 8. The van der Waals surface area contributed by atoms with Crippen LogP contribution in [0.2, 0.25) is 0 Å². The van der Waals surface area contributed by atoms with E-state index in [4.69, 9.17) is 0 Å². The minimum absolute atomic E-state index is 0.0257. The molecule has 0 radical (unpaired) electrons. The Hall–Kier alpha value is -7.58. The molecule has 95 heavy (non-hydrogen) atoms. The zero-order valence-electron chi connectivity index (χ0n) is 61.9. The molecule has 0 saturated heterocycles. The van der Waals surface area contributed by atoms with E-state index in [0.717, 1.165) is 67.6 Å². The van der Waals surface area contributed by atoms with E-state index in [1.165, 1.54) is 46.5 Å². The van der Waals surface area contributed by atoms with Gasteiger partial charge in [-0.3, -0.25) is 0 Å². The van der Waals surface area contributed by atoms with Crippen LogP contribution in [0.15, 0.2) is 121 Å². The van der Waals surface area contributed by atoms with Gasteiger partial charge in [-0.1, -0.05) is 177 Å². The standard InChI is InChI=1S/C87H108F2N2O4/c1-52-38-60(88)48-68(66-44-58(86(21,22)50-80(3,4)5)46-74(76(66)92)90-70-32-28-54(82(9,10)11)40-62(70)63-41-55(83(12,13)14)29-33-71(63)90)78(52)94(25)36-27-37-95(26)79-53(2)39-61(89)49-69(79)67-45-59(87(23,24)51-81(6,7)8)47-75(77(67)93)91-72-34-30-56(84(15,16)17)42-64(72)65-43-57(85(18,19)20)31-35-73(65)91/h28-35,38-49,92-93H,25-27,36-37,50-51H2,1-24H3. The van der Waals surface area contributed by atoms with Crippen molar-refractivity contribution in [2.75, 3.05) is 13.2 Å². The molecule has 8 heteroatoms. The van der Waals surface area contributed by atoms with E-state index in [1.807, 2.05) is 13.8 Å². The molecule has 0 aliphatic rings. The molecule has 0 fully saturated rings. The third kappa shape index (κ3) is 13.9. The number of aryl methyl sites for hydroxylation is 2. The molecule has 0 saturated carbocycles. The van der Waals surface area contributed by atoms with E-state index in [1.54, 1.807) is 0 Å². The van der Waals surface area contributed by atoms with Crippen LogP contribution in [0.3, 0.4) is 0 Å². The minimum atomic E-state index is -0.435. The molecule has 0 unspecified atom stereocenters. The Kier molecular flexibility index (Phi) is 17.9. The predicted octanol–water partition coefficient (Wildman–Crippen LogP) is 25.3. The second-order valence-corrected chi connectivity index (χ2v) is 35.6. The number of phenolic OH excluding ortho intramolecular Hbond substituents is 2. The lowest BCUT2D eigenvalue weighted by Gasteiger charge is -2.35. The molecule has 0 spiro atoms. The molecule has 0 aliphatic heterocycles. The van der Waals surface area contributed by atoms with Gasteiger partial charge in [-0.25, -0.2) is 8.78 Å². The van der Waals surface area contributed by atoms with Crippen LogP contribution in [0.5, 0.6) is 23.0 Å². The number of hydrogen-bond acceptors (Lipinski definition) is 2. The summed E-state index contributed by atoms with van der Waals surface area (Å²) < 4.78 is 43.4. The first-order chi connectivity index (χ1) is 43.6. The molecule has 0 amide bonds. The minimum Gasteiger partial charge on any atom is -0.711 e. The summed E-state index contributed by atoms with van der Waals surface area (Å²) in [6.07, 6.45) is 2.13. The van der Waals surface area contributed by atoms with Crippen molar-refractivity contribution in [1.29, 1.82) is 0 Å². The van der Waals surface area contributed by atoms with Gasteiger partial charge in [0.25, 0.3) is 0 Å². The lowest BCUT2D eigenvalue weighted by Crippen LogP contribution is -2.25. The van der Waals surface area contributed by atoms with Crippen LogP contribution < -0.4 is 0 Å². The molecular formula is C87H108F2N2O4. The van der Waals surface area contributed by atoms with Crippen molar-refractivity contribution in [2.24, 2.45) is 10.8 Å². The summed E-state index contributed by atoms with van der Waals surface area (Å²) in [6.45, 7) is 53.8. The Bertz CT molecular complexity index is 4180. The number of aromatic hydroxyl groups is 2. The van der Waals surface area contributed by atoms with Gasteiger partial charge >= 0.3 is 0 Å². The van der Waals surface area contributed by atoms with E-state index in [2.05, 4.69) is 281 Å². The van der Waals surface area contributed by atoms with Gasteiger partial charge in [-0.15, -0.1) is 0 Å². The summed E-state index contributed by atoms with van der Waals surface area (Å²) in [5.74, 6) is 0.387. The average molecular weight is 1280 g/mol. The van der Waals surface area contributed by atoms with Crippen LogP contribution in [-0.4, -0.2) is 32.6 Å². The summed E-state index contributed by atoms with van der Waals surface area (Å²) in [6, 6.07) is 41.3. The molecule has 0 bridgehead atoms. The van der Waals surface area contributed by atoms with Crippen LogP contribution in [-0.2, 0) is 41.2 Å². The van der Waals surface area contributed by atoms with Crippen LogP contribution in [0.1, 0.15) is 216 Å². The van der Waals surface area contributed by atoms with Gasteiger partial charge in [0.2, 0.25) is 11.5 Å². The van der Waals surface area contributed by atoms with Crippen molar-refractivity contribution in [2.45, 2.75) is 218 Å². The van der Waals surface area contributed by atoms with Crippen LogP contribution >= 0.6 is 0 Å². The highest BCUT2D eigenvalue weighted by atomic mass is 19.1. The number of fused-ring (bicyclic) bond motifs is 6. The fourth-order valence-electron chi connectivity index (χ4n) is 15.3. The summed E-state index contributed by atoms with van der Waals surface area (Å²) >= 11 is 0. The Labute approximate surface area is 567 Å². The Morgan fingerprint density at radius 3 is 0.884 bits per heavy atom. The van der Waals surface area contributed by atoms with Crippen LogP contribution in [0.25, 0.3) is 77.2 Å². The monoisotopic (exact) mass is 1280 g/mol. The molecule has 8 aromatic carbocycles. The molecule has 10 aromatic rings. The molecule has 2 N–H and O–H groups in total. The van der Waals surface area contributed by atoms with Gasteiger partial charge in [-0.2, -0.15) is 0 Å². The van der Waals surface area contributed by atoms with Gasteiger partial charge in [-0.05, 0) is 215 Å². The van der Waals surface area contributed by atoms with Gasteiger partial charge < -0.3 is 28.1 Å². The predicted molar refractivity (Wildman–Crippen MR) is 400 cm³/mol. The third-order valence-electron chi connectivity index (χ3n) is 19.6. The van der Waals surface area contributed by atoms with E-state index in [9.17, 15) is 10.2 Å². The van der Waals surface area contributed by atoms with Crippen molar-refractivity contribution in [1.82, 2.24) is 9.13 Å². The highest BCUT2D eigenvalue weighted by Crippen LogP contribution is 2.53. The van der Waals surface area contributed by atoms with Crippen molar-refractivity contribution >= 4 is 43.6 Å². The SMILES string of the molecule is [CH2-][O+](CCC[O+]([CH2-])c1c(C)cc(F)cc1-c1cc(C(C)(C)CC(C)(C)C)cc(-n2c3ccc(C(C)(C)C)cc3c3cc(C(C)(C)C)ccc32)c1O)c1c(C)cc(F)cc1-c1cc(C(C)(C)CC(C)(C)C)cc(-n2c3ccc(C(C)(C)C)cc3c3cc(C(C)(C)C)ccc32)c1O. The van der Waals surface area contributed by atoms with Gasteiger partial charge in [0.1, 0.15) is 29.6 Å². The second-order valence-electron chi connectivity index (χ2n) is 35.6. The van der Waals surface area contributed by atoms with Crippen LogP contribution in [0, 0.1) is 50.5 Å². The highest BCUT2D eigenvalue weighted by molar-refractivity contribution is 6.11. The first kappa shape index (κ1) is 70.2. The zero-order chi connectivity index (χ0) is 70.2. The zero-order valence-corrected chi connectivity index (χ0v) is 61.9. The first-order valence-electron chi connectivity index (χ1n) is 34.2. The molecule has 0 atom stereocenters. The normalized spacial score (nSPS) is 13.3. The number of halogens is 2. The van der Waals surface area contributed by atoms with Crippen molar-refractivity contribution in [3.8, 4) is 56.6 Å². The van der Waals surface area contributed by atoms with Crippen molar-refractivity contribution in [3.05, 3.63) is 192 Å². The van der Waals surface area contributed by atoms with E-state index in [0.29, 0.717) is 75.9 Å². The van der Waals surface area contributed by atoms with Gasteiger partial charge in [0, 0.05) is 43.8 Å². The third-order valence-corrected chi connectivity index (χ3v) is 19.6. The number of hydrogen-bond donors (Lipinski definition) is 2. The quantitative estimate of drug-likeness (QED) is 0.0842. The fraction of sp³-hybridized carbons (Fsp3) is 0.425. The molecule has 2 heterocycles. The summed E-state index contributed by atoms with van der Waals surface area (Å²) in [7, 11) is 9.19. The van der Waals surface area contributed by atoms with E-state index >= 15 is 8.78 Å². The maximum absolute atomic E-state index is 16.4. The van der Waals surface area contributed by atoms with Gasteiger partial charge in [0.15, 0.2) is 13.2 Å². The summed E-state index contributed by atoms with van der Waals surface area (Å²) in [5, 5.41) is 30.9. The number of aromatic nitrogens is 2. The molecule has 6 nitrogen and oxygen atoms in total. The Balaban J connectivity index is 1.09. The maximum Gasteiger partial charge on any atom is 0.237 e. The summed E-state index contributed by atoms with van der Waals surface area (Å²) in [5.41, 5.74) is 13.8. The largest absolute Gasteiger partial charge is 0.711 e. The van der Waals surface area contributed by atoms with Crippen molar-refractivity contribution in [3.63, 3.8) is 0 Å². The van der Waals surface area contributed by atoms with Crippen LogP contribution in [0.4, 0.5) is 8.78 Å². The lowest BCUT2D eigenvalue weighted by molar-refractivity contribution is -0.0170. The van der Waals surface area contributed by atoms with Gasteiger partial charge in [0.05, 0.1) is 44.6 Å². The molecular weight excluding hydrogens is 1170 g/mol. The highest BCUT2D eigenvalue weighted by Gasteiger charge is 2.35. The maximum atomic E-state index is 16.4. The molecule has 0 aliphatic carbocycles. The second kappa shape index (κ2) is 24.2. The number of rotatable bonds is 14. The Morgan fingerprint density at radius 1 is 0.358 bits per heavy atom. The average Bonchev–Trinajstić information content (AvgIpc) is 1.62. The lowest BCUT2D eigenvalue weighted by atomic mass is 9.71. The van der Waals surface area contributed by atoms with E-state index < -0.39 is 11.6 Å². The first-order valence-corrected chi connectivity index (χ1v) is 34.2. The molecule has 10 rings (SSSR count). The smallest absolute Gasteiger partial charge is 0.237 e. The number of phenols is 2. The summed E-state index contributed by atoms with van der Waals surface area (Å²) in [4.78, 5) is 0. The van der Waals surface area contributed by atoms with Crippen molar-refractivity contribution < 1.29 is 27.7 Å². The molecule has 504 valence electrons. The molecule has 2 aromatic heterocycles. The number of nitrogens with zero attached hydrogens (tertiary/aromatic N) is 2. The fourth-order valence-corrected chi connectivity index (χ4v) is 15.3. The topological polar surface area (TPSA) is 55.7 Å². The Morgan fingerprint density at radius 2 is 0.632 bits per heavy atom.